The molecule has 12 heavy (non-hydrogen) atoms. The summed E-state index contributed by atoms with van der Waals surface area (Å²) in [5.74, 6) is 0.265. The van der Waals surface area contributed by atoms with Gasteiger partial charge in [0.15, 0.2) is 0 Å². The van der Waals surface area contributed by atoms with E-state index in [2.05, 4.69) is 4.98 Å². The number of rotatable bonds is 2. The van der Waals surface area contributed by atoms with Gasteiger partial charge in [-0.2, -0.15) is 0 Å². The second kappa shape index (κ2) is 3.17. The lowest BCUT2D eigenvalue weighted by Crippen LogP contribution is -1.94. The van der Waals surface area contributed by atoms with E-state index < -0.39 is 4.92 Å². The Labute approximate surface area is 69.1 Å². The van der Waals surface area contributed by atoms with Crippen molar-refractivity contribution in [2.24, 2.45) is 0 Å². The summed E-state index contributed by atoms with van der Waals surface area (Å²) in [4.78, 5) is 13.8. The molecule has 1 aromatic heterocycles. The van der Waals surface area contributed by atoms with Gasteiger partial charge in [0.1, 0.15) is 0 Å². The lowest BCUT2D eigenvalue weighted by molar-refractivity contribution is -0.385. The van der Waals surface area contributed by atoms with Crippen molar-refractivity contribution in [2.45, 2.75) is 6.92 Å². The quantitative estimate of drug-likeness (QED) is 0.493. The first kappa shape index (κ1) is 8.45. The highest BCUT2D eigenvalue weighted by molar-refractivity contribution is 5.35. The Hall–Kier alpha value is -1.65. The van der Waals surface area contributed by atoms with Crippen LogP contribution in [-0.2, 0) is 0 Å². The van der Waals surface area contributed by atoms with E-state index in [4.69, 9.17) is 4.74 Å². The number of nitrogens with zero attached hydrogens (tertiary/aromatic N) is 2. The summed E-state index contributed by atoms with van der Waals surface area (Å²) in [6, 6.07) is 2.68. The van der Waals surface area contributed by atoms with Crippen LogP contribution in [0.1, 0.15) is 5.69 Å². The molecule has 1 rings (SSSR count). The van der Waals surface area contributed by atoms with E-state index in [0.717, 1.165) is 0 Å². The highest BCUT2D eigenvalue weighted by Gasteiger charge is 2.08. The van der Waals surface area contributed by atoms with Crippen LogP contribution >= 0.6 is 0 Å². The largest absolute Gasteiger partial charge is 0.481 e. The molecule has 0 bridgehead atoms. The summed E-state index contributed by atoms with van der Waals surface area (Å²) in [6.45, 7) is 1.68. The van der Waals surface area contributed by atoms with E-state index in [9.17, 15) is 10.1 Å². The standard InChI is InChI=1S/C7H8N2O3/c1-5-3-6(9(10)11)4-7(8-5)12-2/h3-4H,1-2H3. The maximum atomic E-state index is 10.3. The zero-order chi connectivity index (χ0) is 9.14. The molecular formula is C7H8N2O3. The average molecular weight is 168 g/mol. The van der Waals surface area contributed by atoms with Gasteiger partial charge in [-0.3, -0.25) is 10.1 Å². The Morgan fingerprint density at radius 2 is 2.25 bits per heavy atom. The van der Waals surface area contributed by atoms with Crippen LogP contribution in [-0.4, -0.2) is 17.0 Å². The fourth-order valence-corrected chi connectivity index (χ4v) is 0.831. The number of nitro groups is 1. The molecule has 64 valence electrons. The molecule has 0 fully saturated rings. The van der Waals surface area contributed by atoms with Gasteiger partial charge in [0.2, 0.25) is 5.88 Å². The molecule has 0 aliphatic carbocycles. The molecule has 0 saturated heterocycles. The van der Waals surface area contributed by atoms with Crippen molar-refractivity contribution in [3.63, 3.8) is 0 Å². The number of aromatic nitrogens is 1. The molecule has 0 saturated carbocycles. The van der Waals surface area contributed by atoms with Gasteiger partial charge in [-0.15, -0.1) is 0 Å². The minimum atomic E-state index is -0.475. The van der Waals surface area contributed by atoms with Gasteiger partial charge in [0.25, 0.3) is 5.69 Å². The zero-order valence-corrected chi connectivity index (χ0v) is 6.77. The molecule has 1 aromatic rings. The Morgan fingerprint density at radius 3 is 2.75 bits per heavy atom. The smallest absolute Gasteiger partial charge is 0.276 e. The number of hydrogen-bond donors (Lipinski definition) is 0. The van der Waals surface area contributed by atoms with Gasteiger partial charge in [-0.25, -0.2) is 4.98 Å². The van der Waals surface area contributed by atoms with Gasteiger partial charge in [-0.05, 0) is 6.92 Å². The van der Waals surface area contributed by atoms with Crippen molar-refractivity contribution in [3.8, 4) is 5.88 Å². The third-order valence-corrected chi connectivity index (χ3v) is 1.33. The molecule has 0 N–H and O–H groups in total. The van der Waals surface area contributed by atoms with Gasteiger partial charge >= 0.3 is 0 Å². The van der Waals surface area contributed by atoms with Crippen molar-refractivity contribution in [3.05, 3.63) is 27.9 Å². The normalized spacial score (nSPS) is 9.50. The Balaban J connectivity index is 3.15. The average Bonchev–Trinajstić information content (AvgIpc) is 2.03. The third-order valence-electron chi connectivity index (χ3n) is 1.33. The summed E-state index contributed by atoms with van der Waals surface area (Å²) in [7, 11) is 1.42. The number of ether oxygens (including phenoxy) is 1. The molecule has 0 aliphatic heterocycles. The van der Waals surface area contributed by atoms with Gasteiger partial charge in [0.05, 0.1) is 18.1 Å². The number of aryl methyl sites for hydroxylation is 1. The van der Waals surface area contributed by atoms with E-state index in [1.807, 2.05) is 0 Å². The molecule has 5 nitrogen and oxygen atoms in total. The summed E-state index contributed by atoms with van der Waals surface area (Å²) in [5.41, 5.74) is 0.570. The number of methoxy groups -OCH3 is 1. The lowest BCUT2D eigenvalue weighted by atomic mass is 10.3. The fourth-order valence-electron chi connectivity index (χ4n) is 0.831. The van der Waals surface area contributed by atoms with E-state index in [-0.39, 0.29) is 11.6 Å². The van der Waals surface area contributed by atoms with Crippen molar-refractivity contribution >= 4 is 5.69 Å². The Kier molecular flexibility index (Phi) is 2.23. The summed E-state index contributed by atoms with van der Waals surface area (Å²) < 4.78 is 4.77. The van der Waals surface area contributed by atoms with Crippen LogP contribution in [0.3, 0.4) is 0 Å². The van der Waals surface area contributed by atoms with Crippen molar-refractivity contribution in [1.82, 2.24) is 4.98 Å². The topological polar surface area (TPSA) is 65.3 Å². The number of pyridine rings is 1. The molecule has 5 heteroatoms. The Bertz CT molecular complexity index is 312. The molecule has 0 amide bonds. The maximum Gasteiger partial charge on any atom is 0.276 e. The molecule has 0 aromatic carbocycles. The molecule has 0 aliphatic rings. The molecule has 0 spiro atoms. The first-order valence-corrected chi connectivity index (χ1v) is 3.30. The van der Waals surface area contributed by atoms with E-state index in [0.29, 0.717) is 5.69 Å². The van der Waals surface area contributed by atoms with E-state index in [1.165, 1.54) is 19.2 Å². The minimum absolute atomic E-state index is 0.000602. The van der Waals surface area contributed by atoms with Crippen LogP contribution < -0.4 is 4.74 Å². The van der Waals surface area contributed by atoms with Crippen molar-refractivity contribution in [2.75, 3.05) is 7.11 Å². The summed E-state index contributed by atoms with van der Waals surface area (Å²) in [6.07, 6.45) is 0. The Morgan fingerprint density at radius 1 is 1.58 bits per heavy atom. The van der Waals surface area contributed by atoms with Crippen LogP contribution in [0.2, 0.25) is 0 Å². The minimum Gasteiger partial charge on any atom is -0.481 e. The van der Waals surface area contributed by atoms with Crippen LogP contribution in [0.4, 0.5) is 5.69 Å². The molecule has 1 heterocycles. The van der Waals surface area contributed by atoms with Crippen molar-refractivity contribution in [1.29, 1.82) is 0 Å². The molecule has 0 unspecified atom stereocenters. The summed E-state index contributed by atoms with van der Waals surface area (Å²) >= 11 is 0. The predicted octanol–water partition coefficient (Wildman–Crippen LogP) is 1.31. The van der Waals surface area contributed by atoms with Crippen LogP contribution in [0.5, 0.6) is 5.88 Å². The van der Waals surface area contributed by atoms with Gasteiger partial charge < -0.3 is 4.74 Å². The fraction of sp³-hybridized carbons (Fsp3) is 0.286. The summed E-state index contributed by atoms with van der Waals surface area (Å²) in [5, 5.41) is 10.3. The molecule has 0 atom stereocenters. The third kappa shape index (κ3) is 1.69. The lowest BCUT2D eigenvalue weighted by Gasteiger charge is -1.99. The first-order valence-electron chi connectivity index (χ1n) is 3.30. The van der Waals surface area contributed by atoms with Crippen molar-refractivity contribution < 1.29 is 9.66 Å². The van der Waals surface area contributed by atoms with Crippen LogP contribution in [0, 0.1) is 17.0 Å². The predicted molar refractivity (Wildman–Crippen MR) is 42.2 cm³/mol. The molecular weight excluding hydrogens is 160 g/mol. The molecule has 0 radical (unpaired) electrons. The highest BCUT2D eigenvalue weighted by Crippen LogP contribution is 2.17. The monoisotopic (exact) mass is 168 g/mol. The van der Waals surface area contributed by atoms with Crippen LogP contribution in [0.15, 0.2) is 12.1 Å². The van der Waals surface area contributed by atoms with Gasteiger partial charge in [0, 0.05) is 11.8 Å². The van der Waals surface area contributed by atoms with E-state index in [1.54, 1.807) is 6.92 Å². The maximum absolute atomic E-state index is 10.3. The zero-order valence-electron chi connectivity index (χ0n) is 6.77. The van der Waals surface area contributed by atoms with Crippen LogP contribution in [0.25, 0.3) is 0 Å². The SMILES string of the molecule is COc1cc([N+](=O)[O-])cc(C)n1. The van der Waals surface area contributed by atoms with E-state index >= 15 is 0 Å². The second-order valence-electron chi connectivity index (χ2n) is 2.27. The second-order valence-corrected chi connectivity index (χ2v) is 2.27. The first-order chi connectivity index (χ1) is 5.63. The highest BCUT2D eigenvalue weighted by atomic mass is 16.6. The van der Waals surface area contributed by atoms with Gasteiger partial charge in [-0.1, -0.05) is 0 Å². The number of hydrogen-bond acceptors (Lipinski definition) is 4.